The molecule has 0 aliphatic rings. The second-order valence-electron chi connectivity index (χ2n) is 6.17. The van der Waals surface area contributed by atoms with Gasteiger partial charge in [0.1, 0.15) is 15.8 Å². The minimum atomic E-state index is -1.40. The number of aromatic amines is 1. The quantitative estimate of drug-likeness (QED) is 0.257. The molecule has 0 radical (unpaired) electrons. The van der Waals surface area contributed by atoms with E-state index in [-0.39, 0.29) is 21.7 Å². The van der Waals surface area contributed by atoms with Crippen molar-refractivity contribution >= 4 is 38.7 Å². The van der Waals surface area contributed by atoms with Crippen LogP contribution in [0.4, 0.5) is 13.2 Å². The fourth-order valence-electron chi connectivity index (χ4n) is 2.82. The van der Waals surface area contributed by atoms with E-state index in [2.05, 4.69) is 36.1 Å². The van der Waals surface area contributed by atoms with Gasteiger partial charge in [-0.15, -0.1) is 0 Å². The Morgan fingerprint density at radius 1 is 1.21 bits per heavy atom. The van der Waals surface area contributed by atoms with E-state index < -0.39 is 23.1 Å². The van der Waals surface area contributed by atoms with E-state index in [0.717, 1.165) is 33.5 Å². The molecule has 0 atom stereocenters. The Labute approximate surface area is 174 Å². The number of nitrogens with one attached hydrogen (secondary N) is 2. The summed E-state index contributed by atoms with van der Waals surface area (Å²) in [5, 5.41) is 15.5. The lowest BCUT2D eigenvalue weighted by atomic mass is 10.2. The first kappa shape index (κ1) is 19.6. The summed E-state index contributed by atoms with van der Waals surface area (Å²) in [4.78, 5) is 8.46. The van der Waals surface area contributed by atoms with Crippen molar-refractivity contribution in [2.75, 3.05) is 0 Å². The Bertz CT molecular complexity index is 1300. The maximum atomic E-state index is 14.5. The van der Waals surface area contributed by atoms with E-state index in [9.17, 15) is 13.2 Å². The maximum Gasteiger partial charge on any atom is 0.188 e. The van der Waals surface area contributed by atoms with Gasteiger partial charge in [-0.1, -0.05) is 17.8 Å². The molecule has 29 heavy (non-hydrogen) atoms. The number of hydrogen-bond donors (Lipinski definition) is 2. The van der Waals surface area contributed by atoms with Gasteiger partial charge in [0.05, 0.1) is 5.39 Å². The number of rotatable bonds is 4. The van der Waals surface area contributed by atoms with Crippen LogP contribution < -0.4 is 5.49 Å². The molecule has 0 saturated heterocycles. The van der Waals surface area contributed by atoms with Crippen molar-refractivity contribution in [1.29, 1.82) is 5.41 Å². The molecule has 1 aromatic carbocycles. The second-order valence-corrected chi connectivity index (χ2v) is 7.90. The molecule has 4 aromatic rings. The molecule has 11 heteroatoms. The molecule has 0 aliphatic carbocycles. The molecule has 2 N–H and O–H groups in total. The SMILES string of the molecule is Cc1cncc(CSc2nc3n[nH]c(Br)c3c(=N)n2-c2c(F)ccc(F)c2F)c1. The third-order valence-electron chi connectivity index (χ3n) is 4.10. The number of hydrogen-bond acceptors (Lipinski definition) is 5. The van der Waals surface area contributed by atoms with E-state index in [1.165, 1.54) is 0 Å². The minimum Gasteiger partial charge on any atom is -0.283 e. The number of benzene rings is 1. The third-order valence-corrected chi connectivity index (χ3v) is 5.68. The van der Waals surface area contributed by atoms with Crippen LogP contribution in [0.1, 0.15) is 11.1 Å². The number of pyridine rings is 1. The van der Waals surface area contributed by atoms with Gasteiger partial charge >= 0.3 is 0 Å². The Morgan fingerprint density at radius 2 is 1.97 bits per heavy atom. The molecule has 0 amide bonds. The normalized spacial score (nSPS) is 11.3. The van der Waals surface area contributed by atoms with E-state index in [1.54, 1.807) is 12.4 Å². The van der Waals surface area contributed by atoms with Crippen molar-refractivity contribution in [3.63, 3.8) is 0 Å². The van der Waals surface area contributed by atoms with Gasteiger partial charge in [-0.05, 0) is 46.1 Å². The zero-order chi connectivity index (χ0) is 20.7. The molecular formula is C18H12BrF3N6S. The number of aryl methyl sites for hydroxylation is 1. The Hall–Kier alpha value is -2.66. The monoisotopic (exact) mass is 480 g/mol. The lowest BCUT2D eigenvalue weighted by Crippen LogP contribution is -2.24. The van der Waals surface area contributed by atoms with E-state index in [4.69, 9.17) is 5.41 Å². The summed E-state index contributed by atoms with van der Waals surface area (Å²) in [7, 11) is 0. The molecule has 4 rings (SSSR count). The third kappa shape index (κ3) is 3.55. The van der Waals surface area contributed by atoms with Gasteiger partial charge in [-0.3, -0.25) is 20.1 Å². The van der Waals surface area contributed by atoms with Crippen LogP contribution in [0.3, 0.4) is 0 Å². The van der Waals surface area contributed by atoms with Crippen LogP contribution in [0.15, 0.2) is 40.4 Å². The van der Waals surface area contributed by atoms with Gasteiger partial charge < -0.3 is 0 Å². The first-order valence-corrected chi connectivity index (χ1v) is 10.0. The van der Waals surface area contributed by atoms with Crippen LogP contribution in [-0.4, -0.2) is 24.7 Å². The van der Waals surface area contributed by atoms with Gasteiger partial charge in [-0.2, -0.15) is 5.10 Å². The Morgan fingerprint density at radius 3 is 2.72 bits per heavy atom. The van der Waals surface area contributed by atoms with Crippen molar-refractivity contribution in [2.24, 2.45) is 0 Å². The van der Waals surface area contributed by atoms with E-state index >= 15 is 0 Å². The summed E-state index contributed by atoms with van der Waals surface area (Å²) in [6.45, 7) is 1.90. The van der Waals surface area contributed by atoms with Crippen LogP contribution in [0.25, 0.3) is 16.7 Å². The van der Waals surface area contributed by atoms with Crippen LogP contribution in [0.5, 0.6) is 0 Å². The highest BCUT2D eigenvalue weighted by Gasteiger charge is 2.22. The highest BCUT2D eigenvalue weighted by molar-refractivity contribution is 9.10. The molecule has 0 fully saturated rings. The fourth-order valence-corrected chi connectivity index (χ4v) is 4.19. The molecule has 148 valence electrons. The summed E-state index contributed by atoms with van der Waals surface area (Å²) in [6.07, 6.45) is 3.37. The van der Waals surface area contributed by atoms with Crippen molar-refractivity contribution in [1.82, 2.24) is 24.7 Å². The van der Waals surface area contributed by atoms with Crippen molar-refractivity contribution in [2.45, 2.75) is 17.8 Å². The topological polar surface area (TPSA) is 83.2 Å². The Kier molecular flexibility index (Phi) is 5.17. The predicted molar refractivity (Wildman–Crippen MR) is 105 cm³/mol. The first-order valence-electron chi connectivity index (χ1n) is 8.25. The summed E-state index contributed by atoms with van der Waals surface area (Å²) < 4.78 is 44.2. The number of H-pyrrole nitrogens is 1. The van der Waals surface area contributed by atoms with E-state index in [0.29, 0.717) is 16.4 Å². The number of aromatic nitrogens is 5. The molecule has 3 aromatic heterocycles. The van der Waals surface area contributed by atoms with Gasteiger partial charge in [0, 0.05) is 18.1 Å². The molecule has 0 spiro atoms. The molecule has 0 unspecified atom stereocenters. The highest BCUT2D eigenvalue weighted by atomic mass is 79.9. The van der Waals surface area contributed by atoms with Crippen LogP contribution in [0.2, 0.25) is 0 Å². The van der Waals surface area contributed by atoms with Crippen molar-refractivity contribution < 1.29 is 13.2 Å². The molecule has 3 heterocycles. The summed E-state index contributed by atoms with van der Waals surface area (Å²) >= 11 is 4.35. The molecule has 0 saturated carbocycles. The molecule has 0 bridgehead atoms. The predicted octanol–water partition coefficient (Wildman–Crippen LogP) is 4.40. The van der Waals surface area contributed by atoms with Gasteiger partial charge in [0.2, 0.25) is 0 Å². The van der Waals surface area contributed by atoms with Gasteiger partial charge in [0.15, 0.2) is 28.3 Å². The second kappa shape index (κ2) is 7.64. The largest absolute Gasteiger partial charge is 0.283 e. The molecule has 6 nitrogen and oxygen atoms in total. The van der Waals surface area contributed by atoms with Gasteiger partial charge in [-0.25, -0.2) is 18.2 Å². The highest BCUT2D eigenvalue weighted by Crippen LogP contribution is 2.28. The summed E-state index contributed by atoms with van der Waals surface area (Å²) in [6, 6.07) is 3.43. The molecular weight excluding hydrogens is 469 g/mol. The van der Waals surface area contributed by atoms with Crippen molar-refractivity contribution in [3.8, 4) is 5.69 Å². The van der Waals surface area contributed by atoms with Crippen LogP contribution in [-0.2, 0) is 5.75 Å². The number of fused-ring (bicyclic) bond motifs is 1. The Balaban J connectivity index is 1.93. The zero-order valence-electron chi connectivity index (χ0n) is 14.8. The number of nitrogens with zero attached hydrogens (tertiary/aromatic N) is 4. The number of halogens is 4. The van der Waals surface area contributed by atoms with Crippen LogP contribution in [0, 0.1) is 29.8 Å². The fraction of sp³-hybridized carbons (Fsp3) is 0.111. The standard InChI is InChI=1S/C18H12BrF3N6S/c1-8-4-9(6-24-5-8)7-29-18-25-17-12(15(19)26-27-17)16(23)28(18)14-11(21)3-2-10(20)13(14)22/h2-6,23H,7H2,1H3,(H,26,27). The minimum absolute atomic E-state index is 0.0893. The lowest BCUT2D eigenvalue weighted by molar-refractivity contribution is 0.482. The maximum absolute atomic E-state index is 14.5. The summed E-state index contributed by atoms with van der Waals surface area (Å²) in [5.41, 5.74) is 1.02. The lowest BCUT2D eigenvalue weighted by Gasteiger charge is -2.15. The summed E-state index contributed by atoms with van der Waals surface area (Å²) in [5.74, 6) is -3.26. The zero-order valence-corrected chi connectivity index (χ0v) is 17.2. The van der Waals surface area contributed by atoms with E-state index in [1.807, 2.05) is 13.0 Å². The average molecular weight is 481 g/mol. The average Bonchev–Trinajstić information content (AvgIpc) is 3.06. The van der Waals surface area contributed by atoms with Crippen molar-refractivity contribution in [3.05, 3.63) is 69.3 Å². The van der Waals surface area contributed by atoms with Crippen LogP contribution >= 0.6 is 27.7 Å². The van der Waals surface area contributed by atoms with Gasteiger partial charge in [0.25, 0.3) is 0 Å². The molecule has 0 aliphatic heterocycles. The number of thioether (sulfide) groups is 1. The first-order chi connectivity index (χ1) is 13.9. The smallest absolute Gasteiger partial charge is 0.188 e.